The minimum absolute atomic E-state index is 0.00860. The maximum atomic E-state index is 12.7. The molecule has 32 heavy (non-hydrogen) atoms. The topological polar surface area (TPSA) is 125 Å². The molecule has 0 spiro atoms. The first-order valence-corrected chi connectivity index (χ1v) is 13.0. The van der Waals surface area contributed by atoms with E-state index < -0.39 is 22.0 Å². The average molecular weight is 480 g/mol. The summed E-state index contributed by atoms with van der Waals surface area (Å²) in [6, 6.07) is 11.6. The predicted molar refractivity (Wildman–Crippen MR) is 126 cm³/mol. The normalized spacial score (nSPS) is 12.2. The second-order valence-corrected chi connectivity index (χ2v) is 9.92. The van der Waals surface area contributed by atoms with Crippen molar-refractivity contribution in [2.24, 2.45) is 0 Å². The maximum absolute atomic E-state index is 12.7. The minimum Gasteiger partial charge on any atom is -0.508 e. The Kier molecular flexibility index (Phi) is 10.0. The Morgan fingerprint density at radius 1 is 1.06 bits per heavy atom. The Morgan fingerprint density at radius 3 is 2.41 bits per heavy atom. The Morgan fingerprint density at radius 2 is 1.75 bits per heavy atom. The van der Waals surface area contributed by atoms with Gasteiger partial charge in [0.25, 0.3) is 5.91 Å². The maximum Gasteiger partial charge on any atom is 0.251 e. The molecule has 0 radical (unpaired) electrons. The molecule has 2 aromatic carbocycles. The van der Waals surface area contributed by atoms with Crippen molar-refractivity contribution in [1.82, 2.24) is 15.4 Å². The minimum atomic E-state index is -3.83. The summed E-state index contributed by atoms with van der Waals surface area (Å²) in [6.45, 7) is 2.46. The Hall–Kier alpha value is -2.56. The molecule has 174 valence electrons. The van der Waals surface area contributed by atoms with Gasteiger partial charge >= 0.3 is 0 Å². The molecule has 0 saturated carbocycles. The second kappa shape index (κ2) is 12.5. The van der Waals surface area contributed by atoms with Gasteiger partial charge in [0, 0.05) is 18.7 Å². The number of rotatable bonds is 12. The van der Waals surface area contributed by atoms with Crippen LogP contribution in [0, 0.1) is 6.92 Å². The largest absolute Gasteiger partial charge is 0.508 e. The van der Waals surface area contributed by atoms with E-state index in [0.717, 1.165) is 5.56 Å². The molecular weight excluding hydrogens is 450 g/mol. The molecule has 0 aromatic heterocycles. The molecule has 2 rings (SSSR count). The van der Waals surface area contributed by atoms with Gasteiger partial charge in [-0.3, -0.25) is 9.59 Å². The zero-order valence-corrected chi connectivity index (χ0v) is 19.8. The molecule has 2 aromatic rings. The molecule has 0 aliphatic carbocycles. The number of nitrogens with one attached hydrogen (secondary N) is 3. The number of aryl methyl sites for hydroxylation is 1. The van der Waals surface area contributed by atoms with Crippen molar-refractivity contribution in [1.29, 1.82) is 0 Å². The lowest BCUT2D eigenvalue weighted by Crippen LogP contribution is -2.47. The number of carbonyl (C=O) groups excluding carboxylic acids is 2. The number of aromatic hydroxyl groups is 1. The highest BCUT2D eigenvalue weighted by Gasteiger charge is 2.25. The van der Waals surface area contributed by atoms with Crippen LogP contribution in [-0.2, 0) is 14.8 Å². The van der Waals surface area contributed by atoms with Crippen molar-refractivity contribution in [2.45, 2.75) is 30.7 Å². The van der Waals surface area contributed by atoms with Crippen molar-refractivity contribution in [2.75, 3.05) is 25.1 Å². The lowest BCUT2D eigenvalue weighted by Gasteiger charge is -2.18. The first-order valence-electron chi connectivity index (χ1n) is 10.2. The van der Waals surface area contributed by atoms with E-state index >= 15 is 0 Å². The van der Waals surface area contributed by atoms with Gasteiger partial charge in [-0.25, -0.2) is 8.42 Å². The SMILES string of the molecule is CSCCC(NS(=O)(=O)c1ccc(C)cc1)C(=O)NCCCNC(=O)c1cccc(O)c1. The molecular formula is C22H29N3O5S2. The zero-order chi connectivity index (χ0) is 23.6. The summed E-state index contributed by atoms with van der Waals surface area (Å²) in [5.41, 5.74) is 1.29. The van der Waals surface area contributed by atoms with E-state index in [9.17, 15) is 23.1 Å². The molecule has 8 nitrogen and oxygen atoms in total. The number of phenols is 1. The van der Waals surface area contributed by atoms with Gasteiger partial charge in [0.2, 0.25) is 15.9 Å². The van der Waals surface area contributed by atoms with Crippen LogP contribution in [0.25, 0.3) is 0 Å². The number of benzene rings is 2. The van der Waals surface area contributed by atoms with Gasteiger partial charge in [0.15, 0.2) is 0 Å². The average Bonchev–Trinajstić information content (AvgIpc) is 2.76. The molecule has 1 atom stereocenters. The molecule has 0 aliphatic rings. The summed E-state index contributed by atoms with van der Waals surface area (Å²) in [6.07, 6.45) is 2.71. The van der Waals surface area contributed by atoms with Crippen LogP contribution in [0.4, 0.5) is 0 Å². The van der Waals surface area contributed by atoms with E-state index in [-0.39, 0.29) is 23.1 Å². The summed E-state index contributed by atoms with van der Waals surface area (Å²) in [5, 5.41) is 14.9. The van der Waals surface area contributed by atoms with Gasteiger partial charge in [-0.15, -0.1) is 0 Å². The van der Waals surface area contributed by atoms with Crippen LogP contribution in [0.1, 0.15) is 28.8 Å². The third-order valence-electron chi connectivity index (χ3n) is 4.60. The quantitative estimate of drug-likeness (QED) is 0.345. The summed E-state index contributed by atoms with van der Waals surface area (Å²) < 4.78 is 27.8. The third-order valence-corrected chi connectivity index (χ3v) is 6.73. The third kappa shape index (κ3) is 8.18. The lowest BCUT2D eigenvalue weighted by molar-refractivity contribution is -0.122. The van der Waals surface area contributed by atoms with E-state index in [1.54, 1.807) is 24.3 Å². The number of amides is 2. The van der Waals surface area contributed by atoms with Crippen LogP contribution in [0.2, 0.25) is 0 Å². The van der Waals surface area contributed by atoms with Crippen molar-refractivity contribution >= 4 is 33.6 Å². The van der Waals surface area contributed by atoms with E-state index in [1.165, 1.54) is 36.0 Å². The fourth-order valence-corrected chi connectivity index (χ4v) is 4.53. The lowest BCUT2D eigenvalue weighted by atomic mass is 10.2. The number of hydrogen-bond acceptors (Lipinski definition) is 6. The van der Waals surface area contributed by atoms with Crippen molar-refractivity contribution in [3.63, 3.8) is 0 Å². The number of sulfonamides is 1. The Labute approximate surface area is 193 Å². The molecule has 1 unspecified atom stereocenters. The van der Waals surface area contributed by atoms with E-state index in [1.807, 2.05) is 13.2 Å². The first-order chi connectivity index (χ1) is 15.2. The van der Waals surface area contributed by atoms with Crippen molar-refractivity contribution in [3.05, 3.63) is 59.7 Å². The molecule has 0 fully saturated rings. The highest BCUT2D eigenvalue weighted by atomic mass is 32.2. The van der Waals surface area contributed by atoms with Crippen LogP contribution < -0.4 is 15.4 Å². The molecule has 0 saturated heterocycles. The van der Waals surface area contributed by atoms with E-state index in [4.69, 9.17) is 0 Å². The van der Waals surface area contributed by atoms with Gasteiger partial charge in [-0.2, -0.15) is 16.5 Å². The summed E-state index contributed by atoms with van der Waals surface area (Å²) in [4.78, 5) is 24.8. The Balaban J connectivity index is 1.85. The molecule has 0 bridgehead atoms. The first kappa shape index (κ1) is 25.7. The Bertz CT molecular complexity index is 1010. The van der Waals surface area contributed by atoms with E-state index in [0.29, 0.717) is 30.7 Å². The van der Waals surface area contributed by atoms with Gasteiger partial charge < -0.3 is 15.7 Å². The predicted octanol–water partition coefficient (Wildman–Crippen LogP) is 2.04. The van der Waals surface area contributed by atoms with Crippen molar-refractivity contribution < 1.29 is 23.1 Å². The standard InChI is InChI=1S/C22H29N3O5S2/c1-16-7-9-19(10-8-16)32(29,30)25-20(11-14-31-2)22(28)24-13-4-12-23-21(27)17-5-3-6-18(26)15-17/h3,5-10,15,20,25-26H,4,11-14H2,1-2H3,(H,23,27)(H,24,28). The van der Waals surface area contributed by atoms with Gasteiger partial charge in [0.05, 0.1) is 4.90 Å². The van der Waals surface area contributed by atoms with Crippen LogP contribution in [-0.4, -0.2) is 56.5 Å². The van der Waals surface area contributed by atoms with Crippen LogP contribution in [0.15, 0.2) is 53.4 Å². The smallest absolute Gasteiger partial charge is 0.251 e. The van der Waals surface area contributed by atoms with Gasteiger partial charge in [-0.1, -0.05) is 23.8 Å². The van der Waals surface area contributed by atoms with Gasteiger partial charge in [0.1, 0.15) is 11.8 Å². The fraction of sp³-hybridized carbons (Fsp3) is 0.364. The monoisotopic (exact) mass is 479 g/mol. The number of phenolic OH excluding ortho intramolecular Hbond substituents is 1. The van der Waals surface area contributed by atoms with Crippen LogP contribution in [0.5, 0.6) is 5.75 Å². The van der Waals surface area contributed by atoms with Crippen LogP contribution >= 0.6 is 11.8 Å². The fourth-order valence-electron chi connectivity index (χ4n) is 2.83. The molecule has 0 aliphatic heterocycles. The van der Waals surface area contributed by atoms with E-state index in [2.05, 4.69) is 15.4 Å². The number of thioether (sulfide) groups is 1. The highest BCUT2D eigenvalue weighted by molar-refractivity contribution is 7.98. The van der Waals surface area contributed by atoms with Crippen LogP contribution in [0.3, 0.4) is 0 Å². The molecule has 10 heteroatoms. The molecule has 2 amide bonds. The second-order valence-electron chi connectivity index (χ2n) is 7.22. The highest BCUT2D eigenvalue weighted by Crippen LogP contribution is 2.13. The molecule has 4 N–H and O–H groups in total. The summed E-state index contributed by atoms with van der Waals surface area (Å²) in [5.74, 6) is -0.103. The summed E-state index contributed by atoms with van der Waals surface area (Å²) >= 11 is 1.53. The molecule has 0 heterocycles. The zero-order valence-electron chi connectivity index (χ0n) is 18.1. The summed E-state index contributed by atoms with van der Waals surface area (Å²) in [7, 11) is -3.83. The number of carbonyl (C=O) groups is 2. The number of hydrogen-bond donors (Lipinski definition) is 4. The van der Waals surface area contributed by atoms with Crippen molar-refractivity contribution in [3.8, 4) is 5.75 Å². The van der Waals surface area contributed by atoms with Gasteiger partial charge in [-0.05, 0) is 62.1 Å².